The molecule has 0 saturated carbocycles. The predicted molar refractivity (Wildman–Crippen MR) is 166 cm³/mol. The molecule has 0 spiro atoms. The van der Waals surface area contributed by atoms with E-state index in [2.05, 4.69) is 59.5 Å². The first-order chi connectivity index (χ1) is 20.0. The van der Waals surface area contributed by atoms with Crippen molar-refractivity contribution in [2.75, 3.05) is 16.0 Å². The van der Waals surface area contributed by atoms with Gasteiger partial charge in [0.05, 0.1) is 23.3 Å². The lowest BCUT2D eigenvalue weighted by molar-refractivity contribution is -0.118. The number of carbonyl (C=O) groups is 2. The van der Waals surface area contributed by atoms with Gasteiger partial charge < -0.3 is 5.73 Å². The van der Waals surface area contributed by atoms with Crippen LogP contribution in [0.2, 0.25) is 0 Å². The van der Waals surface area contributed by atoms with Gasteiger partial charge in [0.1, 0.15) is 10.8 Å². The van der Waals surface area contributed by atoms with Crippen molar-refractivity contribution < 1.29 is 9.59 Å². The van der Waals surface area contributed by atoms with E-state index in [4.69, 9.17) is 5.73 Å². The average Bonchev–Trinajstić information content (AvgIpc) is 3.60. The van der Waals surface area contributed by atoms with E-state index in [9.17, 15) is 14.9 Å². The molecule has 13 heteroatoms. The lowest BCUT2D eigenvalue weighted by atomic mass is 9.68. The third-order valence-electron chi connectivity index (χ3n) is 7.25. The second kappa shape index (κ2) is 11.9. The van der Waals surface area contributed by atoms with E-state index in [1.54, 1.807) is 4.90 Å². The molecule has 3 aromatic rings. The third-order valence-corrected chi connectivity index (χ3v) is 10.3. The molecule has 42 heavy (non-hydrogen) atoms. The lowest BCUT2D eigenvalue weighted by Crippen LogP contribution is -2.42. The van der Waals surface area contributed by atoms with Crippen LogP contribution in [0.5, 0.6) is 0 Å². The van der Waals surface area contributed by atoms with Crippen LogP contribution in [0.15, 0.2) is 51.3 Å². The number of amides is 1. The second-order valence-electron chi connectivity index (χ2n) is 11.3. The van der Waals surface area contributed by atoms with Gasteiger partial charge in [-0.2, -0.15) is 5.26 Å². The van der Waals surface area contributed by atoms with Crippen LogP contribution in [0.4, 0.5) is 10.3 Å². The summed E-state index contributed by atoms with van der Waals surface area (Å²) in [4.78, 5) is 28.0. The molecule has 3 N–H and O–H groups in total. The maximum Gasteiger partial charge on any atom is 0.236 e. The fraction of sp³-hybridized carbons (Fsp3) is 0.414. The first-order valence-corrected chi connectivity index (χ1v) is 16.3. The highest BCUT2D eigenvalue weighted by molar-refractivity contribution is 8.01. The number of nitriles is 1. The van der Waals surface area contributed by atoms with Crippen molar-refractivity contribution in [1.82, 2.24) is 20.4 Å². The highest BCUT2D eigenvalue weighted by Gasteiger charge is 2.45. The van der Waals surface area contributed by atoms with Crippen molar-refractivity contribution in [1.29, 1.82) is 5.26 Å². The average molecular weight is 621 g/mol. The van der Waals surface area contributed by atoms with Crippen LogP contribution in [-0.4, -0.2) is 37.8 Å². The van der Waals surface area contributed by atoms with Crippen LogP contribution in [0.3, 0.4) is 0 Å². The summed E-state index contributed by atoms with van der Waals surface area (Å²) in [7, 11) is 0. The Bertz CT molecular complexity index is 1630. The summed E-state index contributed by atoms with van der Waals surface area (Å²) in [6.07, 6.45) is 1.71. The van der Waals surface area contributed by atoms with E-state index in [0.29, 0.717) is 44.5 Å². The SMILES string of the molecule is CCc1nnc(NC(=O)CSc2nnc(N3C(N)=C(C#N)C(c4ccc(C(C)C)cc4)C4=C3CC(C)(C)CC4=O)s2)s1. The number of nitrogens with two attached hydrogens (primary N) is 1. The van der Waals surface area contributed by atoms with E-state index < -0.39 is 5.92 Å². The standard InChI is InChI=1S/C29H32N8O2S3/c1-6-22-33-34-26(41-22)32-21(39)14-40-28-36-35-27(42-28)37-19-11-29(4,5)12-20(38)24(19)23(18(13-30)25(37)31)17-9-7-16(8-10-17)15(2)3/h7-10,15,23H,6,11-12,14,31H2,1-5H3,(H,32,34,39). The summed E-state index contributed by atoms with van der Waals surface area (Å²) in [5.74, 6) is -0.0621. The van der Waals surface area contributed by atoms with Gasteiger partial charge in [0, 0.05) is 17.7 Å². The molecule has 218 valence electrons. The molecule has 5 rings (SSSR count). The molecule has 3 heterocycles. The molecule has 0 radical (unpaired) electrons. The molecule has 1 aliphatic carbocycles. The molecule has 2 aromatic heterocycles. The topological polar surface area (TPSA) is 151 Å². The third kappa shape index (κ3) is 5.97. The van der Waals surface area contributed by atoms with Gasteiger partial charge in [-0.3, -0.25) is 19.8 Å². The number of rotatable bonds is 8. The Balaban J connectivity index is 1.46. The van der Waals surface area contributed by atoms with E-state index in [-0.39, 0.29) is 28.7 Å². The maximum atomic E-state index is 13.8. The molecule has 0 saturated heterocycles. The molecule has 1 amide bonds. The summed E-state index contributed by atoms with van der Waals surface area (Å²) < 4.78 is 0.563. The van der Waals surface area contributed by atoms with Crippen molar-refractivity contribution in [2.45, 2.75) is 70.1 Å². The predicted octanol–water partition coefficient (Wildman–Crippen LogP) is 5.75. The highest BCUT2D eigenvalue weighted by Crippen LogP contribution is 2.50. The number of aromatic nitrogens is 4. The molecular weight excluding hydrogens is 589 g/mol. The fourth-order valence-corrected chi connectivity index (χ4v) is 7.59. The van der Waals surface area contributed by atoms with E-state index in [1.807, 2.05) is 31.2 Å². The van der Waals surface area contributed by atoms with Gasteiger partial charge >= 0.3 is 0 Å². The van der Waals surface area contributed by atoms with Crippen LogP contribution in [0.25, 0.3) is 0 Å². The van der Waals surface area contributed by atoms with Crippen LogP contribution in [-0.2, 0) is 16.0 Å². The van der Waals surface area contributed by atoms with Crippen molar-refractivity contribution in [3.8, 4) is 6.07 Å². The molecule has 2 aliphatic rings. The monoisotopic (exact) mass is 620 g/mol. The number of hydrogen-bond acceptors (Lipinski definition) is 12. The second-order valence-corrected chi connectivity index (χ2v) is 14.6. The zero-order chi connectivity index (χ0) is 30.2. The summed E-state index contributed by atoms with van der Waals surface area (Å²) in [5, 5.41) is 31.5. The first-order valence-electron chi connectivity index (χ1n) is 13.7. The Morgan fingerprint density at radius 2 is 1.93 bits per heavy atom. The summed E-state index contributed by atoms with van der Waals surface area (Å²) in [6, 6.07) is 10.4. The highest BCUT2D eigenvalue weighted by atomic mass is 32.2. The Labute approximate surface area is 257 Å². The van der Waals surface area contributed by atoms with Crippen LogP contribution in [0.1, 0.15) is 75.4 Å². The van der Waals surface area contributed by atoms with Gasteiger partial charge in [-0.1, -0.05) is 93.3 Å². The lowest BCUT2D eigenvalue weighted by Gasteiger charge is -2.42. The number of nitrogens with zero attached hydrogens (tertiary/aromatic N) is 6. The van der Waals surface area contributed by atoms with Crippen LogP contribution < -0.4 is 16.0 Å². The number of benzene rings is 1. The van der Waals surface area contributed by atoms with Crippen molar-refractivity contribution in [3.63, 3.8) is 0 Å². The Morgan fingerprint density at radius 3 is 2.57 bits per heavy atom. The van der Waals surface area contributed by atoms with Gasteiger partial charge in [0.2, 0.25) is 16.2 Å². The van der Waals surface area contributed by atoms with Crippen molar-refractivity contribution in [2.24, 2.45) is 11.1 Å². The number of anilines is 2. The Morgan fingerprint density at radius 1 is 1.19 bits per heavy atom. The quantitative estimate of drug-likeness (QED) is 0.298. The number of hydrogen-bond donors (Lipinski definition) is 2. The normalized spacial score (nSPS) is 18.4. The van der Waals surface area contributed by atoms with Gasteiger partial charge in [0.25, 0.3) is 0 Å². The van der Waals surface area contributed by atoms with Gasteiger partial charge in [-0.15, -0.1) is 20.4 Å². The van der Waals surface area contributed by atoms with Crippen LogP contribution in [0, 0.1) is 16.7 Å². The summed E-state index contributed by atoms with van der Waals surface area (Å²) in [5.41, 5.74) is 10.1. The fourth-order valence-electron chi connectivity index (χ4n) is 5.21. The van der Waals surface area contributed by atoms with Crippen molar-refractivity contribution in [3.05, 3.63) is 63.1 Å². The molecule has 1 unspecified atom stereocenters. The molecule has 1 aliphatic heterocycles. The number of ketones is 1. The number of carbonyl (C=O) groups excluding carboxylic acids is 2. The van der Waals surface area contributed by atoms with Crippen LogP contribution >= 0.6 is 34.4 Å². The number of thioether (sulfide) groups is 1. The summed E-state index contributed by atoms with van der Waals surface area (Å²) in [6.45, 7) is 10.3. The minimum atomic E-state index is -0.551. The molecule has 1 atom stereocenters. The molecule has 0 bridgehead atoms. The Kier molecular flexibility index (Phi) is 8.50. The number of Topliss-reactive ketones (excluding diaryl/α,β-unsaturated/α-hetero) is 1. The van der Waals surface area contributed by atoms with E-state index in [1.165, 1.54) is 40.0 Å². The van der Waals surface area contributed by atoms with Gasteiger partial charge in [-0.25, -0.2) is 0 Å². The molecular formula is C29H32N8O2S3. The minimum Gasteiger partial charge on any atom is -0.384 e. The molecule has 0 fully saturated rings. The number of allylic oxidation sites excluding steroid dienone is 3. The van der Waals surface area contributed by atoms with Gasteiger partial charge in [0.15, 0.2) is 10.1 Å². The van der Waals surface area contributed by atoms with Gasteiger partial charge in [-0.05, 0) is 35.3 Å². The number of nitrogens with one attached hydrogen (secondary N) is 1. The van der Waals surface area contributed by atoms with E-state index in [0.717, 1.165) is 22.7 Å². The molecule has 1 aromatic carbocycles. The zero-order valence-electron chi connectivity index (χ0n) is 24.1. The smallest absolute Gasteiger partial charge is 0.236 e. The number of aryl methyl sites for hydroxylation is 1. The van der Waals surface area contributed by atoms with E-state index >= 15 is 0 Å². The zero-order valence-corrected chi connectivity index (χ0v) is 26.5. The summed E-state index contributed by atoms with van der Waals surface area (Å²) >= 11 is 3.85. The minimum absolute atomic E-state index is 0.00290. The largest absolute Gasteiger partial charge is 0.384 e. The molecule has 10 nitrogen and oxygen atoms in total. The van der Waals surface area contributed by atoms with Crippen molar-refractivity contribution >= 4 is 56.4 Å². The maximum absolute atomic E-state index is 13.8. The first kappa shape index (κ1) is 29.9. The Hall–Kier alpha value is -3.60.